The smallest absolute Gasteiger partial charge is 0.251 e. The highest BCUT2D eigenvalue weighted by atomic mass is 32.2. The quantitative estimate of drug-likeness (QED) is 0.817. The van der Waals surface area contributed by atoms with Crippen LogP contribution in [0, 0.1) is 19.7 Å². The molecule has 8 heteroatoms. The van der Waals surface area contributed by atoms with Crippen LogP contribution in [-0.4, -0.2) is 38.5 Å². The van der Waals surface area contributed by atoms with Gasteiger partial charge in [-0.15, -0.1) is 11.8 Å². The molecule has 28 heavy (non-hydrogen) atoms. The number of halogens is 1. The first-order valence-corrected chi connectivity index (χ1v) is 11.3. The zero-order chi connectivity index (χ0) is 20.6. The van der Waals surface area contributed by atoms with Gasteiger partial charge in [0.05, 0.1) is 10.9 Å². The predicted molar refractivity (Wildman–Crippen MR) is 109 cm³/mol. The van der Waals surface area contributed by atoms with Crippen molar-refractivity contribution in [3.63, 3.8) is 0 Å². The minimum absolute atomic E-state index is 0.119. The first-order valence-electron chi connectivity index (χ1n) is 8.88. The molecule has 0 radical (unpaired) electrons. The second-order valence-corrected chi connectivity index (χ2v) is 10.3. The van der Waals surface area contributed by atoms with Crippen LogP contribution in [0.25, 0.3) is 0 Å². The summed E-state index contributed by atoms with van der Waals surface area (Å²) < 4.78 is 40.4. The van der Waals surface area contributed by atoms with E-state index in [4.69, 9.17) is 0 Å². The number of hydrogen-bond acceptors (Lipinski definition) is 4. The van der Waals surface area contributed by atoms with Crippen LogP contribution in [0.2, 0.25) is 0 Å². The van der Waals surface area contributed by atoms with Gasteiger partial charge in [-0.3, -0.25) is 4.79 Å². The van der Waals surface area contributed by atoms with E-state index >= 15 is 0 Å². The molecule has 0 aliphatic carbocycles. The molecule has 2 aromatic rings. The molecule has 1 unspecified atom stereocenters. The number of nitrogens with one attached hydrogen (secondary N) is 1. The van der Waals surface area contributed by atoms with Crippen molar-refractivity contribution in [2.24, 2.45) is 0 Å². The van der Waals surface area contributed by atoms with Gasteiger partial charge in [0.25, 0.3) is 5.91 Å². The Morgan fingerprint density at radius 3 is 2.64 bits per heavy atom. The van der Waals surface area contributed by atoms with E-state index < -0.39 is 10.0 Å². The van der Waals surface area contributed by atoms with E-state index in [0.29, 0.717) is 22.6 Å². The summed E-state index contributed by atoms with van der Waals surface area (Å²) in [6, 6.07) is 7.66. The van der Waals surface area contributed by atoms with Gasteiger partial charge >= 0.3 is 0 Å². The van der Waals surface area contributed by atoms with E-state index in [-0.39, 0.29) is 28.2 Å². The van der Waals surface area contributed by atoms with Gasteiger partial charge in [0.15, 0.2) is 0 Å². The Morgan fingerprint density at radius 2 is 1.96 bits per heavy atom. The number of hydrogen-bond donors (Lipinski definition) is 1. The van der Waals surface area contributed by atoms with E-state index in [9.17, 15) is 17.6 Å². The third kappa shape index (κ3) is 3.81. The molecule has 0 bridgehead atoms. The van der Waals surface area contributed by atoms with Crippen LogP contribution in [0.1, 0.15) is 39.5 Å². The van der Waals surface area contributed by atoms with Gasteiger partial charge in [-0.05, 0) is 55.2 Å². The van der Waals surface area contributed by atoms with E-state index in [1.807, 2.05) is 6.07 Å². The molecule has 1 aliphatic heterocycles. The molecule has 5 nitrogen and oxygen atoms in total. The van der Waals surface area contributed by atoms with Crippen LogP contribution in [0.5, 0.6) is 0 Å². The summed E-state index contributed by atoms with van der Waals surface area (Å²) >= 11 is 1.44. The number of nitrogens with zero attached hydrogens (tertiary/aromatic N) is 1. The fraction of sp³-hybridized carbons (Fsp3) is 0.350. The van der Waals surface area contributed by atoms with Crippen LogP contribution in [0.3, 0.4) is 0 Å². The van der Waals surface area contributed by atoms with E-state index in [0.717, 1.165) is 15.4 Å². The number of carbonyl (C=O) groups is 1. The first-order chi connectivity index (χ1) is 13.1. The van der Waals surface area contributed by atoms with Crippen LogP contribution in [0.4, 0.5) is 4.39 Å². The number of rotatable bonds is 4. The van der Waals surface area contributed by atoms with Crippen molar-refractivity contribution in [3.8, 4) is 0 Å². The average Bonchev–Trinajstić information content (AvgIpc) is 2.64. The molecule has 1 N–H and O–H groups in total. The molecule has 0 saturated carbocycles. The number of fused-ring (bicyclic) bond motifs is 1. The van der Waals surface area contributed by atoms with Gasteiger partial charge in [0, 0.05) is 30.3 Å². The van der Waals surface area contributed by atoms with E-state index in [1.54, 1.807) is 26.0 Å². The van der Waals surface area contributed by atoms with Crippen molar-refractivity contribution in [1.82, 2.24) is 9.62 Å². The van der Waals surface area contributed by atoms with Crippen LogP contribution >= 0.6 is 11.8 Å². The van der Waals surface area contributed by atoms with E-state index in [2.05, 4.69) is 5.32 Å². The number of carbonyl (C=O) groups excluding carboxylic acids is 1. The molecule has 150 valence electrons. The molecule has 3 rings (SSSR count). The fourth-order valence-corrected chi connectivity index (χ4v) is 5.56. The number of aryl methyl sites for hydroxylation is 1. The van der Waals surface area contributed by atoms with Crippen molar-refractivity contribution < 1.29 is 17.6 Å². The van der Waals surface area contributed by atoms with Crippen LogP contribution < -0.4 is 5.32 Å². The molecule has 1 heterocycles. The van der Waals surface area contributed by atoms with Crippen molar-refractivity contribution in [2.75, 3.05) is 19.8 Å². The average molecular weight is 423 g/mol. The third-order valence-electron chi connectivity index (χ3n) is 4.97. The third-order valence-corrected chi connectivity index (χ3v) is 8.07. The second-order valence-electron chi connectivity index (χ2n) is 7.03. The van der Waals surface area contributed by atoms with Crippen LogP contribution in [0.15, 0.2) is 40.1 Å². The van der Waals surface area contributed by atoms with Crippen molar-refractivity contribution in [3.05, 3.63) is 58.4 Å². The summed E-state index contributed by atoms with van der Waals surface area (Å²) in [6.07, 6.45) is 0.681. The molecule has 1 atom stereocenters. The highest BCUT2D eigenvalue weighted by Gasteiger charge is 2.27. The molecule has 2 aromatic carbocycles. The minimum Gasteiger partial charge on any atom is -0.345 e. The molecule has 0 fully saturated rings. The van der Waals surface area contributed by atoms with Gasteiger partial charge in [0.1, 0.15) is 5.82 Å². The Labute approximate surface area is 169 Å². The first kappa shape index (κ1) is 20.8. The Morgan fingerprint density at radius 1 is 1.25 bits per heavy atom. The number of sulfonamides is 1. The van der Waals surface area contributed by atoms with Crippen molar-refractivity contribution in [1.29, 1.82) is 0 Å². The van der Waals surface area contributed by atoms with Gasteiger partial charge in [-0.25, -0.2) is 17.1 Å². The summed E-state index contributed by atoms with van der Waals surface area (Å²) in [5.41, 5.74) is 2.37. The SMILES string of the molecule is Cc1cc(C(=O)NC2CCSc3c(F)cccc32)cc(S(=O)(=O)N(C)C)c1C. The van der Waals surface area contributed by atoms with Gasteiger partial charge < -0.3 is 5.32 Å². The van der Waals surface area contributed by atoms with Gasteiger partial charge in [-0.2, -0.15) is 0 Å². The number of thioether (sulfide) groups is 1. The van der Waals surface area contributed by atoms with Crippen molar-refractivity contribution in [2.45, 2.75) is 36.1 Å². The Kier molecular flexibility index (Phi) is 5.84. The largest absolute Gasteiger partial charge is 0.345 e. The summed E-state index contributed by atoms with van der Waals surface area (Å²) in [5, 5.41) is 2.95. The molecular weight excluding hydrogens is 399 g/mol. The maximum absolute atomic E-state index is 14.1. The zero-order valence-corrected chi connectivity index (χ0v) is 17.9. The molecule has 0 spiro atoms. The monoisotopic (exact) mass is 422 g/mol. The Hall–Kier alpha value is -1.90. The lowest BCUT2D eigenvalue weighted by Crippen LogP contribution is -2.31. The topological polar surface area (TPSA) is 66.5 Å². The normalized spacial score (nSPS) is 16.7. The second kappa shape index (κ2) is 7.85. The standard InChI is InChI=1S/C20H23FN2O3S2/c1-12-10-14(11-18(13(12)2)28(25,26)23(3)4)20(24)22-17-8-9-27-19-15(17)6-5-7-16(19)21/h5-7,10-11,17H,8-9H2,1-4H3,(H,22,24). The summed E-state index contributed by atoms with van der Waals surface area (Å²) in [4.78, 5) is 13.6. The summed E-state index contributed by atoms with van der Waals surface area (Å²) in [5.74, 6) is 0.0453. The van der Waals surface area contributed by atoms with E-state index in [1.165, 1.54) is 38.0 Å². The zero-order valence-electron chi connectivity index (χ0n) is 16.2. The van der Waals surface area contributed by atoms with Gasteiger partial charge in [0.2, 0.25) is 10.0 Å². The summed E-state index contributed by atoms with van der Waals surface area (Å²) in [7, 11) is -0.752. The minimum atomic E-state index is -3.67. The molecule has 1 aliphatic rings. The lowest BCUT2D eigenvalue weighted by atomic mass is 10.0. The molecule has 0 aromatic heterocycles. The lowest BCUT2D eigenvalue weighted by Gasteiger charge is -2.26. The predicted octanol–water partition coefficient (Wildman–Crippen LogP) is 3.66. The molecular formula is C20H23FN2O3S2. The lowest BCUT2D eigenvalue weighted by molar-refractivity contribution is 0.0934. The highest BCUT2D eigenvalue weighted by Crippen LogP contribution is 2.38. The number of amides is 1. The van der Waals surface area contributed by atoms with Crippen LogP contribution in [-0.2, 0) is 10.0 Å². The molecule has 1 amide bonds. The summed E-state index contributed by atoms with van der Waals surface area (Å²) in [6.45, 7) is 3.51. The fourth-order valence-electron chi connectivity index (χ4n) is 3.20. The molecule has 0 saturated heterocycles. The number of benzene rings is 2. The highest BCUT2D eigenvalue weighted by molar-refractivity contribution is 7.99. The van der Waals surface area contributed by atoms with Crippen molar-refractivity contribution >= 4 is 27.7 Å². The van der Waals surface area contributed by atoms with Gasteiger partial charge in [-0.1, -0.05) is 12.1 Å². The Bertz CT molecular complexity index is 1040. The Balaban J connectivity index is 1.95. The maximum atomic E-state index is 14.1. The maximum Gasteiger partial charge on any atom is 0.251 e.